The van der Waals surface area contributed by atoms with E-state index in [-0.39, 0.29) is 23.6 Å². The normalized spacial score (nSPS) is 33.5. The second-order valence-corrected chi connectivity index (χ2v) is 5.68. The Morgan fingerprint density at radius 3 is 2.89 bits per heavy atom. The summed E-state index contributed by atoms with van der Waals surface area (Å²) in [5.41, 5.74) is 0.807. The van der Waals surface area contributed by atoms with Crippen LogP contribution in [0.25, 0.3) is 0 Å². The monoisotopic (exact) mass is 257 g/mol. The number of amides is 1. The van der Waals surface area contributed by atoms with Gasteiger partial charge < -0.3 is 9.64 Å². The Labute approximate surface area is 113 Å². The minimum absolute atomic E-state index is 0.0605. The van der Waals surface area contributed by atoms with Crippen molar-refractivity contribution < 1.29 is 9.53 Å². The molecule has 2 fully saturated rings. The second-order valence-electron chi connectivity index (χ2n) is 5.68. The molecule has 0 radical (unpaired) electrons. The molecule has 3 rings (SSSR count). The van der Waals surface area contributed by atoms with Crippen LogP contribution in [-0.4, -0.2) is 23.6 Å². The van der Waals surface area contributed by atoms with Gasteiger partial charge in [0.2, 0.25) is 5.91 Å². The molecule has 0 aliphatic carbocycles. The van der Waals surface area contributed by atoms with Gasteiger partial charge in [0, 0.05) is 6.42 Å². The molecule has 0 unspecified atom stereocenters. The molecular formula is C16H19NO2. The van der Waals surface area contributed by atoms with Gasteiger partial charge in [-0.15, -0.1) is 6.58 Å². The van der Waals surface area contributed by atoms with Crippen molar-refractivity contribution in [1.29, 1.82) is 0 Å². The number of allylic oxidation sites excluding steroid dienone is 1. The largest absolute Gasteiger partial charge is 0.356 e. The van der Waals surface area contributed by atoms with E-state index in [1.807, 2.05) is 36.1 Å². The molecule has 0 saturated carbocycles. The number of fused-ring (bicyclic) bond motifs is 1. The number of carbonyl (C=O) groups excluding carboxylic acids is 1. The van der Waals surface area contributed by atoms with Gasteiger partial charge >= 0.3 is 0 Å². The summed E-state index contributed by atoms with van der Waals surface area (Å²) in [5.74, 6) is 0.198. The van der Waals surface area contributed by atoms with Gasteiger partial charge in [0.25, 0.3) is 0 Å². The molecule has 100 valence electrons. The topological polar surface area (TPSA) is 29.5 Å². The van der Waals surface area contributed by atoms with Gasteiger partial charge in [0.05, 0.1) is 18.1 Å². The average molecular weight is 257 g/mol. The van der Waals surface area contributed by atoms with Crippen LogP contribution < -0.4 is 0 Å². The molecule has 2 aliphatic rings. The van der Waals surface area contributed by atoms with E-state index in [2.05, 4.69) is 18.7 Å². The van der Waals surface area contributed by atoms with E-state index in [0.717, 1.165) is 12.0 Å². The molecular weight excluding hydrogens is 238 g/mol. The molecule has 3 atom stereocenters. The molecule has 2 aliphatic heterocycles. The predicted octanol–water partition coefficient (Wildman–Crippen LogP) is 2.90. The molecule has 1 aromatic carbocycles. The summed E-state index contributed by atoms with van der Waals surface area (Å²) in [7, 11) is 0. The lowest BCUT2D eigenvalue weighted by molar-refractivity contribution is -0.137. The van der Waals surface area contributed by atoms with Crippen LogP contribution in [0.5, 0.6) is 0 Å². The van der Waals surface area contributed by atoms with E-state index >= 15 is 0 Å². The molecule has 3 heteroatoms. The maximum absolute atomic E-state index is 12.7. The van der Waals surface area contributed by atoms with E-state index in [4.69, 9.17) is 4.74 Å². The van der Waals surface area contributed by atoms with Gasteiger partial charge in [-0.25, -0.2) is 0 Å². The molecule has 0 spiro atoms. The van der Waals surface area contributed by atoms with Crippen molar-refractivity contribution in [3.63, 3.8) is 0 Å². The van der Waals surface area contributed by atoms with Crippen molar-refractivity contribution >= 4 is 5.91 Å². The third-order valence-corrected chi connectivity index (χ3v) is 4.25. The first-order chi connectivity index (χ1) is 9.15. The number of nitrogens with zero attached hydrogens (tertiary/aromatic N) is 1. The third-order valence-electron chi connectivity index (χ3n) is 4.25. The smallest absolute Gasteiger partial charge is 0.231 e. The van der Waals surface area contributed by atoms with Crippen molar-refractivity contribution in [3.05, 3.63) is 48.6 Å². The minimum atomic E-state index is -0.347. The molecule has 19 heavy (non-hydrogen) atoms. The second kappa shape index (κ2) is 4.49. The zero-order valence-corrected chi connectivity index (χ0v) is 11.2. The van der Waals surface area contributed by atoms with E-state index in [0.29, 0.717) is 13.0 Å². The molecule has 1 aromatic rings. The van der Waals surface area contributed by atoms with Crippen molar-refractivity contribution in [2.75, 3.05) is 6.61 Å². The van der Waals surface area contributed by atoms with Crippen LogP contribution in [0.2, 0.25) is 0 Å². The highest BCUT2D eigenvalue weighted by Crippen LogP contribution is 2.46. The van der Waals surface area contributed by atoms with Crippen LogP contribution in [0.1, 0.15) is 31.4 Å². The van der Waals surface area contributed by atoms with E-state index < -0.39 is 0 Å². The lowest BCUT2D eigenvalue weighted by Crippen LogP contribution is -2.35. The van der Waals surface area contributed by atoms with Crippen LogP contribution in [0.3, 0.4) is 0 Å². The molecule has 0 N–H and O–H groups in total. The van der Waals surface area contributed by atoms with E-state index in [1.54, 1.807) is 0 Å². The molecule has 0 bridgehead atoms. The summed E-state index contributed by atoms with van der Waals surface area (Å²) in [6.45, 7) is 6.38. The average Bonchev–Trinajstić information content (AvgIpc) is 2.91. The van der Waals surface area contributed by atoms with Gasteiger partial charge in [-0.05, 0) is 12.0 Å². The summed E-state index contributed by atoms with van der Waals surface area (Å²) in [4.78, 5) is 14.6. The number of rotatable bonds is 3. The highest BCUT2D eigenvalue weighted by molar-refractivity contribution is 5.85. The van der Waals surface area contributed by atoms with Crippen LogP contribution in [-0.2, 0) is 9.53 Å². The number of ether oxygens (including phenoxy) is 1. The maximum atomic E-state index is 12.7. The fraction of sp³-hybridized carbons (Fsp3) is 0.438. The summed E-state index contributed by atoms with van der Waals surface area (Å²) in [5, 5.41) is 0. The zero-order chi connectivity index (χ0) is 13.5. The highest BCUT2D eigenvalue weighted by Gasteiger charge is 2.53. The lowest BCUT2D eigenvalue weighted by atomic mass is 9.85. The zero-order valence-electron chi connectivity index (χ0n) is 11.2. The van der Waals surface area contributed by atoms with Gasteiger partial charge in [0.15, 0.2) is 0 Å². The number of carbonyl (C=O) groups is 1. The molecule has 3 nitrogen and oxygen atoms in total. The Hall–Kier alpha value is -1.61. The highest BCUT2D eigenvalue weighted by atomic mass is 16.5. The number of hydrogen-bond acceptors (Lipinski definition) is 2. The first kappa shape index (κ1) is 12.4. The Morgan fingerprint density at radius 2 is 2.21 bits per heavy atom. The van der Waals surface area contributed by atoms with Crippen LogP contribution >= 0.6 is 0 Å². The first-order valence-electron chi connectivity index (χ1n) is 6.76. The standard InChI is InChI=1S/C16H19NO2/c1-3-9-16(2)10-14-17(15(16)18)13(11-19-14)12-7-5-4-6-8-12/h3-8,13-14H,1,9-11H2,2H3/t13-,14-,16-/m1/s1. The molecule has 2 saturated heterocycles. The van der Waals surface area contributed by atoms with Gasteiger partial charge in [-0.1, -0.05) is 43.3 Å². The SMILES string of the molecule is C=CC[C@]1(C)C[C@H]2OC[C@H](c3ccccc3)N2C1=O. The Bertz CT molecular complexity index is 499. The minimum Gasteiger partial charge on any atom is -0.356 e. The van der Waals surface area contributed by atoms with E-state index in [1.165, 1.54) is 0 Å². The third kappa shape index (κ3) is 1.89. The number of benzene rings is 1. The Morgan fingerprint density at radius 1 is 1.47 bits per heavy atom. The van der Waals surface area contributed by atoms with Crippen LogP contribution in [0.15, 0.2) is 43.0 Å². The van der Waals surface area contributed by atoms with Crippen molar-refractivity contribution in [2.45, 2.75) is 32.0 Å². The number of hydrogen-bond donors (Lipinski definition) is 0. The van der Waals surface area contributed by atoms with Crippen LogP contribution in [0.4, 0.5) is 0 Å². The quantitative estimate of drug-likeness (QED) is 0.779. The summed E-state index contributed by atoms with van der Waals surface area (Å²) in [6, 6.07) is 10.2. The predicted molar refractivity (Wildman–Crippen MR) is 73.3 cm³/mol. The van der Waals surface area contributed by atoms with Crippen molar-refractivity contribution in [1.82, 2.24) is 4.90 Å². The molecule has 1 amide bonds. The fourth-order valence-electron chi connectivity index (χ4n) is 3.20. The summed E-state index contributed by atoms with van der Waals surface area (Å²) < 4.78 is 5.83. The van der Waals surface area contributed by atoms with Crippen molar-refractivity contribution in [2.24, 2.45) is 5.41 Å². The van der Waals surface area contributed by atoms with E-state index in [9.17, 15) is 4.79 Å². The Kier molecular flexibility index (Phi) is 2.94. The molecule has 0 aromatic heterocycles. The van der Waals surface area contributed by atoms with Gasteiger partial charge in [0.1, 0.15) is 6.23 Å². The summed E-state index contributed by atoms with van der Waals surface area (Å²) >= 11 is 0. The van der Waals surface area contributed by atoms with Gasteiger partial charge in [-0.3, -0.25) is 4.79 Å². The lowest BCUT2D eigenvalue weighted by Gasteiger charge is -2.25. The van der Waals surface area contributed by atoms with Crippen molar-refractivity contribution in [3.8, 4) is 0 Å². The first-order valence-corrected chi connectivity index (χ1v) is 6.76. The van der Waals surface area contributed by atoms with Crippen LogP contribution in [0, 0.1) is 5.41 Å². The fourth-order valence-corrected chi connectivity index (χ4v) is 3.20. The Balaban J connectivity index is 1.89. The van der Waals surface area contributed by atoms with Gasteiger partial charge in [-0.2, -0.15) is 0 Å². The summed E-state index contributed by atoms with van der Waals surface area (Å²) in [6.07, 6.45) is 3.24. The maximum Gasteiger partial charge on any atom is 0.231 e. The molecule has 2 heterocycles.